The molecule has 0 atom stereocenters. The molecular weight excluding hydrogens is 389 g/mol. The summed E-state index contributed by atoms with van der Waals surface area (Å²) in [5.41, 5.74) is 0.649. The number of nitrogens with one attached hydrogen (secondary N) is 2. The van der Waals surface area contributed by atoms with Gasteiger partial charge in [-0.2, -0.15) is 19.9 Å². The highest BCUT2D eigenvalue weighted by Crippen LogP contribution is 2.21. The first-order chi connectivity index (χ1) is 13.3. The van der Waals surface area contributed by atoms with Crippen LogP contribution in [0.1, 0.15) is 16.1 Å². The second kappa shape index (κ2) is 6.57. The van der Waals surface area contributed by atoms with Gasteiger partial charge >= 0.3 is 0 Å². The number of carbonyl (C=O) groups is 1. The molecule has 1 aromatic carbocycles. The molecule has 0 aliphatic rings. The number of H-pyrrole nitrogens is 1. The SMILES string of the molecule is Cc1cc(NC(=O)c2ccc(F)cc2Cl)n(-c2nc3c(cnn3C)c(=O)[nH]2)n1. The summed E-state index contributed by atoms with van der Waals surface area (Å²) in [6, 6.07) is 5.07. The molecule has 0 unspecified atom stereocenters. The van der Waals surface area contributed by atoms with Gasteiger partial charge in [0.1, 0.15) is 17.0 Å². The predicted octanol–water partition coefficient (Wildman–Crippen LogP) is 2.20. The molecule has 0 fully saturated rings. The van der Waals surface area contributed by atoms with E-state index in [1.165, 1.54) is 21.6 Å². The number of amides is 1. The van der Waals surface area contributed by atoms with Crippen molar-refractivity contribution in [2.75, 3.05) is 5.32 Å². The summed E-state index contributed by atoms with van der Waals surface area (Å²) in [6.45, 7) is 1.72. The fraction of sp³-hybridized carbons (Fsp3) is 0.118. The van der Waals surface area contributed by atoms with Gasteiger partial charge in [-0.05, 0) is 25.1 Å². The van der Waals surface area contributed by atoms with Crippen molar-refractivity contribution in [2.45, 2.75) is 6.92 Å². The Balaban J connectivity index is 1.76. The Hall–Kier alpha value is -3.53. The van der Waals surface area contributed by atoms with E-state index in [2.05, 4.69) is 25.5 Å². The molecule has 3 aromatic heterocycles. The van der Waals surface area contributed by atoms with E-state index in [9.17, 15) is 14.0 Å². The third-order valence-electron chi connectivity index (χ3n) is 4.04. The number of hydrogen-bond donors (Lipinski definition) is 2. The van der Waals surface area contributed by atoms with E-state index in [0.717, 1.165) is 12.1 Å². The molecule has 2 N–H and O–H groups in total. The van der Waals surface area contributed by atoms with Crippen LogP contribution in [0.15, 0.2) is 35.3 Å². The molecule has 0 bridgehead atoms. The zero-order valence-corrected chi connectivity index (χ0v) is 15.5. The molecule has 3 heterocycles. The minimum atomic E-state index is -0.560. The van der Waals surface area contributed by atoms with Gasteiger partial charge in [0.25, 0.3) is 11.5 Å². The maximum atomic E-state index is 13.2. The number of halogens is 2. The third kappa shape index (κ3) is 3.03. The predicted molar refractivity (Wildman–Crippen MR) is 100 cm³/mol. The number of carbonyl (C=O) groups excluding carboxylic acids is 1. The quantitative estimate of drug-likeness (QED) is 0.546. The smallest absolute Gasteiger partial charge is 0.263 e. The van der Waals surface area contributed by atoms with Crippen molar-refractivity contribution in [1.29, 1.82) is 0 Å². The Morgan fingerprint density at radius 2 is 2.11 bits per heavy atom. The van der Waals surface area contributed by atoms with Crippen LogP contribution in [0, 0.1) is 12.7 Å². The summed E-state index contributed by atoms with van der Waals surface area (Å²) >= 11 is 5.95. The monoisotopic (exact) mass is 401 g/mol. The maximum Gasteiger partial charge on any atom is 0.263 e. The van der Waals surface area contributed by atoms with Crippen LogP contribution in [0.5, 0.6) is 0 Å². The van der Waals surface area contributed by atoms with Crippen LogP contribution in [0.4, 0.5) is 10.2 Å². The first-order valence-corrected chi connectivity index (χ1v) is 8.47. The van der Waals surface area contributed by atoms with E-state index in [-0.39, 0.29) is 27.9 Å². The van der Waals surface area contributed by atoms with Gasteiger partial charge in [-0.25, -0.2) is 4.39 Å². The molecule has 0 spiro atoms. The Labute approximate surface area is 161 Å². The Morgan fingerprint density at radius 1 is 1.32 bits per heavy atom. The number of aromatic nitrogens is 6. The van der Waals surface area contributed by atoms with Crippen LogP contribution in [-0.2, 0) is 7.05 Å². The van der Waals surface area contributed by atoms with Crippen LogP contribution in [-0.4, -0.2) is 35.4 Å². The average Bonchev–Trinajstić information content (AvgIpc) is 3.18. The summed E-state index contributed by atoms with van der Waals surface area (Å²) in [5.74, 6) is -0.744. The fourth-order valence-electron chi connectivity index (χ4n) is 2.73. The average molecular weight is 402 g/mol. The number of aryl methyl sites for hydroxylation is 2. The van der Waals surface area contributed by atoms with Crippen LogP contribution < -0.4 is 10.9 Å². The highest BCUT2D eigenvalue weighted by Gasteiger charge is 2.17. The van der Waals surface area contributed by atoms with Gasteiger partial charge in [-0.1, -0.05) is 11.6 Å². The van der Waals surface area contributed by atoms with Crippen molar-refractivity contribution in [2.24, 2.45) is 7.05 Å². The van der Waals surface area contributed by atoms with E-state index >= 15 is 0 Å². The summed E-state index contributed by atoms with van der Waals surface area (Å²) < 4.78 is 16.0. The molecule has 0 aliphatic heterocycles. The summed E-state index contributed by atoms with van der Waals surface area (Å²) in [7, 11) is 1.66. The minimum absolute atomic E-state index is 0.0249. The Bertz CT molecular complexity index is 1290. The number of hydrogen-bond acceptors (Lipinski definition) is 5. The van der Waals surface area contributed by atoms with Gasteiger partial charge < -0.3 is 5.32 Å². The molecular formula is C17H13ClFN7O2. The number of nitrogens with zero attached hydrogens (tertiary/aromatic N) is 5. The molecule has 0 aliphatic carbocycles. The van der Waals surface area contributed by atoms with E-state index in [4.69, 9.17) is 11.6 Å². The van der Waals surface area contributed by atoms with Crippen LogP contribution in [0.2, 0.25) is 5.02 Å². The first kappa shape index (κ1) is 17.9. The van der Waals surface area contributed by atoms with Crippen molar-refractivity contribution >= 4 is 34.4 Å². The lowest BCUT2D eigenvalue weighted by molar-refractivity contribution is 0.102. The van der Waals surface area contributed by atoms with Gasteiger partial charge in [0.15, 0.2) is 5.65 Å². The zero-order valence-electron chi connectivity index (χ0n) is 14.7. The van der Waals surface area contributed by atoms with Gasteiger partial charge in [0, 0.05) is 13.1 Å². The standard InChI is InChI=1S/C17H13ClFN7O2/c1-8-5-13(21-15(27)10-4-3-9(19)6-12(10)18)26(24-8)17-22-14-11(16(28)23-17)7-20-25(14)2/h3-7H,1-2H3,(H,21,27)(H,22,23,28). The molecule has 4 rings (SSSR count). The molecule has 142 valence electrons. The van der Waals surface area contributed by atoms with Crippen molar-refractivity contribution in [3.8, 4) is 5.95 Å². The molecule has 1 amide bonds. The molecule has 4 aromatic rings. The van der Waals surface area contributed by atoms with Gasteiger partial charge in [-0.15, -0.1) is 0 Å². The van der Waals surface area contributed by atoms with Gasteiger partial charge in [0.2, 0.25) is 5.95 Å². The van der Waals surface area contributed by atoms with Crippen LogP contribution in [0.25, 0.3) is 17.0 Å². The third-order valence-corrected chi connectivity index (χ3v) is 4.35. The normalized spacial score (nSPS) is 11.1. The minimum Gasteiger partial charge on any atom is -0.306 e. The van der Waals surface area contributed by atoms with Crippen molar-refractivity contribution in [3.63, 3.8) is 0 Å². The molecule has 0 saturated carbocycles. The molecule has 0 radical (unpaired) electrons. The van der Waals surface area contributed by atoms with E-state index in [0.29, 0.717) is 16.7 Å². The lowest BCUT2D eigenvalue weighted by Crippen LogP contribution is -2.19. The molecule has 9 nitrogen and oxygen atoms in total. The Kier molecular flexibility index (Phi) is 4.19. The first-order valence-electron chi connectivity index (χ1n) is 8.09. The van der Waals surface area contributed by atoms with E-state index in [1.54, 1.807) is 20.0 Å². The topological polar surface area (TPSA) is 110 Å². The van der Waals surface area contributed by atoms with E-state index in [1.807, 2.05) is 0 Å². The second-order valence-electron chi connectivity index (χ2n) is 6.06. The molecule has 28 heavy (non-hydrogen) atoms. The van der Waals surface area contributed by atoms with Gasteiger partial charge in [0.05, 0.1) is 22.5 Å². The maximum absolute atomic E-state index is 13.2. The van der Waals surface area contributed by atoms with Crippen LogP contribution >= 0.6 is 11.6 Å². The zero-order chi connectivity index (χ0) is 20.0. The lowest BCUT2D eigenvalue weighted by atomic mass is 10.2. The summed E-state index contributed by atoms with van der Waals surface area (Å²) in [5, 5.41) is 11.2. The lowest BCUT2D eigenvalue weighted by Gasteiger charge is -2.09. The number of fused-ring (bicyclic) bond motifs is 1. The van der Waals surface area contributed by atoms with Crippen molar-refractivity contribution < 1.29 is 9.18 Å². The van der Waals surface area contributed by atoms with Crippen molar-refractivity contribution in [3.05, 3.63) is 62.9 Å². The van der Waals surface area contributed by atoms with Crippen LogP contribution in [0.3, 0.4) is 0 Å². The van der Waals surface area contributed by atoms with Gasteiger partial charge in [-0.3, -0.25) is 19.3 Å². The highest BCUT2D eigenvalue weighted by atomic mass is 35.5. The number of rotatable bonds is 3. The highest BCUT2D eigenvalue weighted by molar-refractivity contribution is 6.34. The fourth-order valence-corrected chi connectivity index (χ4v) is 2.98. The second-order valence-corrected chi connectivity index (χ2v) is 6.46. The van der Waals surface area contributed by atoms with Crippen molar-refractivity contribution in [1.82, 2.24) is 29.5 Å². The van der Waals surface area contributed by atoms with E-state index < -0.39 is 11.7 Å². The largest absolute Gasteiger partial charge is 0.306 e. The summed E-state index contributed by atoms with van der Waals surface area (Å²) in [6.07, 6.45) is 1.42. The number of aromatic amines is 1. The number of anilines is 1. The molecule has 11 heteroatoms. The molecule has 0 saturated heterocycles. The Morgan fingerprint density at radius 3 is 2.86 bits per heavy atom. The summed E-state index contributed by atoms with van der Waals surface area (Å²) in [4.78, 5) is 31.8. The number of benzene rings is 1.